The number of thioether (sulfide) groups is 1. The summed E-state index contributed by atoms with van der Waals surface area (Å²) in [5, 5.41) is 0.141. The minimum absolute atomic E-state index is 0.141. The molecule has 0 radical (unpaired) electrons. The summed E-state index contributed by atoms with van der Waals surface area (Å²) < 4.78 is 5.34. The molecule has 1 unspecified atom stereocenters. The second-order valence-corrected chi connectivity index (χ2v) is 4.99. The van der Waals surface area contributed by atoms with Gasteiger partial charge in [-0.1, -0.05) is 18.2 Å². The van der Waals surface area contributed by atoms with Crippen LogP contribution in [0.3, 0.4) is 0 Å². The molecule has 1 aromatic carbocycles. The molecule has 0 aliphatic rings. The van der Waals surface area contributed by atoms with E-state index < -0.39 is 0 Å². The normalized spacial score (nSPS) is 12.1. The van der Waals surface area contributed by atoms with Gasteiger partial charge in [-0.25, -0.2) is 0 Å². The zero-order chi connectivity index (χ0) is 12.8. The molecule has 0 bridgehead atoms. The number of aromatic nitrogens is 1. The zero-order valence-corrected chi connectivity index (χ0v) is 11.1. The van der Waals surface area contributed by atoms with E-state index in [1.54, 1.807) is 25.1 Å². The van der Waals surface area contributed by atoms with Crippen LogP contribution in [-0.2, 0) is 0 Å². The highest BCUT2D eigenvalue weighted by Crippen LogP contribution is 2.38. The Hall–Kier alpha value is -1.52. The number of rotatable bonds is 5. The molecular weight excluding hydrogens is 244 g/mol. The number of benzene rings is 1. The molecule has 0 saturated heterocycles. The number of nitrogens with two attached hydrogens (primary N) is 1. The van der Waals surface area contributed by atoms with E-state index in [4.69, 9.17) is 10.5 Å². The molecule has 3 nitrogen and oxygen atoms in total. The van der Waals surface area contributed by atoms with Gasteiger partial charge >= 0.3 is 0 Å². The molecule has 2 rings (SSSR count). The van der Waals surface area contributed by atoms with Gasteiger partial charge in [-0.05, 0) is 24.3 Å². The second kappa shape index (κ2) is 6.42. The van der Waals surface area contributed by atoms with Crippen molar-refractivity contribution in [3.05, 3.63) is 54.4 Å². The Labute approximate surface area is 111 Å². The van der Waals surface area contributed by atoms with Gasteiger partial charge in [0.25, 0.3) is 0 Å². The first-order chi connectivity index (χ1) is 8.85. The van der Waals surface area contributed by atoms with Crippen molar-refractivity contribution in [2.75, 3.05) is 13.7 Å². The molecule has 0 spiro atoms. The first-order valence-corrected chi connectivity index (χ1v) is 6.63. The van der Waals surface area contributed by atoms with Crippen LogP contribution in [0.1, 0.15) is 10.9 Å². The number of para-hydroxylation sites is 1. The highest BCUT2D eigenvalue weighted by atomic mass is 32.2. The molecule has 2 N–H and O–H groups in total. The van der Waals surface area contributed by atoms with E-state index >= 15 is 0 Å². The second-order valence-electron chi connectivity index (χ2n) is 3.75. The lowest BCUT2D eigenvalue weighted by Gasteiger charge is -2.15. The van der Waals surface area contributed by atoms with E-state index in [0.717, 1.165) is 16.3 Å². The van der Waals surface area contributed by atoms with Crippen LogP contribution in [0.15, 0.2) is 53.6 Å². The summed E-state index contributed by atoms with van der Waals surface area (Å²) in [4.78, 5) is 5.44. The molecule has 0 fully saturated rings. The molecule has 94 valence electrons. The topological polar surface area (TPSA) is 48.1 Å². The van der Waals surface area contributed by atoms with Crippen molar-refractivity contribution in [1.82, 2.24) is 4.98 Å². The molecule has 1 heterocycles. The third kappa shape index (κ3) is 3.03. The number of hydrogen-bond donors (Lipinski definition) is 1. The zero-order valence-electron chi connectivity index (χ0n) is 10.2. The highest BCUT2D eigenvalue weighted by molar-refractivity contribution is 7.99. The molecular formula is C14H16N2OS. The molecule has 0 aliphatic heterocycles. The summed E-state index contributed by atoms with van der Waals surface area (Å²) in [6, 6.07) is 13.8. The first-order valence-electron chi connectivity index (χ1n) is 5.76. The van der Waals surface area contributed by atoms with Gasteiger partial charge in [-0.2, -0.15) is 0 Å². The van der Waals surface area contributed by atoms with Crippen LogP contribution < -0.4 is 10.5 Å². The number of methoxy groups -OCH3 is 1. The molecule has 1 atom stereocenters. The lowest BCUT2D eigenvalue weighted by molar-refractivity contribution is 0.404. The van der Waals surface area contributed by atoms with Crippen LogP contribution in [0.25, 0.3) is 0 Å². The maximum Gasteiger partial charge on any atom is 0.132 e. The fourth-order valence-corrected chi connectivity index (χ4v) is 2.75. The Bertz CT molecular complexity index is 490. The maximum absolute atomic E-state index is 5.84. The van der Waals surface area contributed by atoms with Crippen molar-refractivity contribution in [2.24, 2.45) is 5.73 Å². The predicted octanol–water partition coefficient (Wildman–Crippen LogP) is 2.88. The third-order valence-corrected chi connectivity index (χ3v) is 3.88. The van der Waals surface area contributed by atoms with Crippen LogP contribution >= 0.6 is 11.8 Å². The Morgan fingerprint density at radius 3 is 2.67 bits per heavy atom. The SMILES string of the molecule is COc1ccccc1SC(CN)c1ccccn1. The quantitative estimate of drug-likeness (QED) is 0.840. The number of ether oxygens (including phenoxy) is 1. The van der Waals surface area contributed by atoms with Crippen LogP contribution in [0.4, 0.5) is 0 Å². The van der Waals surface area contributed by atoms with Crippen molar-refractivity contribution in [3.8, 4) is 5.75 Å². The summed E-state index contributed by atoms with van der Waals surface area (Å²) in [5.41, 5.74) is 6.84. The highest BCUT2D eigenvalue weighted by Gasteiger charge is 2.14. The minimum Gasteiger partial charge on any atom is -0.496 e. The van der Waals surface area contributed by atoms with Gasteiger partial charge in [0.1, 0.15) is 5.75 Å². The molecule has 18 heavy (non-hydrogen) atoms. The molecule has 2 aromatic rings. The number of hydrogen-bond acceptors (Lipinski definition) is 4. The lowest BCUT2D eigenvalue weighted by atomic mass is 10.3. The largest absolute Gasteiger partial charge is 0.496 e. The van der Waals surface area contributed by atoms with Crippen molar-refractivity contribution < 1.29 is 4.74 Å². The third-order valence-electron chi connectivity index (χ3n) is 2.57. The van der Waals surface area contributed by atoms with Crippen LogP contribution in [-0.4, -0.2) is 18.6 Å². The number of pyridine rings is 1. The Morgan fingerprint density at radius 2 is 2.00 bits per heavy atom. The smallest absolute Gasteiger partial charge is 0.132 e. The average molecular weight is 260 g/mol. The first kappa shape index (κ1) is 12.9. The fraction of sp³-hybridized carbons (Fsp3) is 0.214. The van der Waals surface area contributed by atoms with Crippen molar-refractivity contribution in [1.29, 1.82) is 0 Å². The standard InChI is InChI=1S/C14H16N2OS/c1-17-12-7-2-3-8-13(12)18-14(10-15)11-6-4-5-9-16-11/h2-9,14H,10,15H2,1H3. The summed E-state index contributed by atoms with van der Waals surface area (Å²) in [6.45, 7) is 0.541. The predicted molar refractivity (Wildman–Crippen MR) is 74.9 cm³/mol. The molecule has 4 heteroatoms. The van der Waals surface area contributed by atoms with Gasteiger partial charge in [0, 0.05) is 12.7 Å². The summed E-state index contributed by atoms with van der Waals surface area (Å²) in [7, 11) is 1.68. The Balaban J connectivity index is 2.21. The molecule has 0 aliphatic carbocycles. The van der Waals surface area contributed by atoms with Crippen LogP contribution in [0.5, 0.6) is 5.75 Å². The van der Waals surface area contributed by atoms with Gasteiger partial charge in [-0.3, -0.25) is 4.98 Å². The summed E-state index contributed by atoms with van der Waals surface area (Å²) >= 11 is 1.68. The summed E-state index contributed by atoms with van der Waals surface area (Å²) in [6.07, 6.45) is 1.79. The van der Waals surface area contributed by atoms with Gasteiger partial charge in [0.2, 0.25) is 0 Å². The van der Waals surface area contributed by atoms with Gasteiger partial charge < -0.3 is 10.5 Å². The van der Waals surface area contributed by atoms with E-state index in [9.17, 15) is 0 Å². The molecule has 0 amide bonds. The molecule has 1 aromatic heterocycles. The van der Waals surface area contributed by atoms with Crippen molar-refractivity contribution >= 4 is 11.8 Å². The fourth-order valence-electron chi connectivity index (χ4n) is 1.67. The van der Waals surface area contributed by atoms with E-state index in [0.29, 0.717) is 6.54 Å². The summed E-state index contributed by atoms with van der Waals surface area (Å²) in [5.74, 6) is 0.872. The van der Waals surface area contributed by atoms with E-state index in [-0.39, 0.29) is 5.25 Å². The molecule has 0 saturated carbocycles. The maximum atomic E-state index is 5.84. The number of nitrogens with zero attached hydrogens (tertiary/aromatic N) is 1. The van der Waals surface area contributed by atoms with E-state index in [2.05, 4.69) is 4.98 Å². The van der Waals surface area contributed by atoms with Gasteiger partial charge in [0.15, 0.2) is 0 Å². The lowest BCUT2D eigenvalue weighted by Crippen LogP contribution is -2.10. The minimum atomic E-state index is 0.141. The van der Waals surface area contributed by atoms with E-state index in [1.165, 1.54) is 0 Å². The Kier molecular flexibility index (Phi) is 4.61. The van der Waals surface area contributed by atoms with Crippen LogP contribution in [0, 0.1) is 0 Å². The Morgan fingerprint density at radius 1 is 1.22 bits per heavy atom. The van der Waals surface area contributed by atoms with Crippen molar-refractivity contribution in [3.63, 3.8) is 0 Å². The average Bonchev–Trinajstić information content (AvgIpc) is 2.46. The van der Waals surface area contributed by atoms with Crippen LogP contribution in [0.2, 0.25) is 0 Å². The van der Waals surface area contributed by atoms with Crippen molar-refractivity contribution in [2.45, 2.75) is 10.1 Å². The van der Waals surface area contributed by atoms with E-state index in [1.807, 2.05) is 42.5 Å². The monoisotopic (exact) mass is 260 g/mol. The van der Waals surface area contributed by atoms with Gasteiger partial charge in [-0.15, -0.1) is 11.8 Å². The van der Waals surface area contributed by atoms with Gasteiger partial charge in [0.05, 0.1) is 22.9 Å².